The molecule has 6 atom stereocenters. The van der Waals surface area contributed by atoms with Gasteiger partial charge in [-0.15, -0.1) is 0 Å². The van der Waals surface area contributed by atoms with Crippen LogP contribution in [0.4, 0.5) is 0 Å². The van der Waals surface area contributed by atoms with E-state index in [1.165, 1.54) is 59.6 Å². The molecule has 30 nitrogen and oxygen atoms in total. The van der Waals surface area contributed by atoms with Gasteiger partial charge < -0.3 is 63.2 Å². The molecule has 0 aliphatic rings. The number of nitrogens with two attached hydrogens (primary N) is 3. The summed E-state index contributed by atoms with van der Waals surface area (Å²) in [7, 11) is 1.64. The normalized spacial score (nSPS) is 12.3. The van der Waals surface area contributed by atoms with Gasteiger partial charge in [0, 0.05) is 129 Å². The van der Waals surface area contributed by atoms with E-state index < -0.39 is 71.9 Å². The molecule has 0 heterocycles. The molecule has 6 unspecified atom stereocenters. The molecule has 0 bridgehead atoms. The first-order valence-electron chi connectivity index (χ1n) is 46.4. The van der Waals surface area contributed by atoms with Gasteiger partial charge in [-0.25, -0.2) is 15.0 Å². The van der Waals surface area contributed by atoms with Crippen LogP contribution in [0, 0.1) is 0 Å². The quantitative estimate of drug-likeness (QED) is 0.0158. The second kappa shape index (κ2) is 57.7. The molecule has 0 radical (unpaired) electrons. The maximum atomic E-state index is 13.7. The van der Waals surface area contributed by atoms with Crippen molar-refractivity contribution in [3.05, 3.63) is 320 Å². The lowest BCUT2D eigenvalue weighted by Crippen LogP contribution is -2.53. The number of aliphatic hydroxyl groups excluding tert-OH is 3. The number of hydrogen-bond donors (Lipinski definition) is 12. The van der Waals surface area contributed by atoms with E-state index in [1.54, 1.807) is 31.8 Å². The Morgan fingerprint density at radius 3 is 0.756 bits per heavy atom. The fourth-order valence-corrected chi connectivity index (χ4v) is 15.3. The van der Waals surface area contributed by atoms with Crippen LogP contribution in [0.1, 0.15) is 227 Å². The van der Waals surface area contributed by atoms with Crippen LogP contribution in [-0.4, -0.2) is 231 Å². The summed E-state index contributed by atoms with van der Waals surface area (Å²) in [6, 6.07) is 66.6. The minimum Gasteiger partial charge on any atom is -0.390 e. The fraction of sp³-hybridized carbons (Fsp3) is 0.371. The molecule has 12 amide bonds. The van der Waals surface area contributed by atoms with E-state index in [1.807, 2.05) is 237 Å². The van der Waals surface area contributed by atoms with Crippen LogP contribution in [-0.2, 0) is 52.9 Å². The highest BCUT2D eigenvalue weighted by molar-refractivity contribution is 6.07. The van der Waals surface area contributed by atoms with E-state index in [2.05, 4.69) is 32.2 Å². The highest BCUT2D eigenvalue weighted by Crippen LogP contribution is 2.22. The minimum atomic E-state index is -1.09. The Morgan fingerprint density at radius 1 is 0.281 bits per heavy atom. The van der Waals surface area contributed by atoms with E-state index in [4.69, 9.17) is 17.2 Å². The number of nitrogens with one attached hydrogen (secondary N) is 6. The van der Waals surface area contributed by atoms with Crippen LogP contribution in [0.2, 0.25) is 0 Å². The van der Waals surface area contributed by atoms with Crippen molar-refractivity contribution < 1.29 is 72.9 Å². The van der Waals surface area contributed by atoms with E-state index in [-0.39, 0.29) is 124 Å². The van der Waals surface area contributed by atoms with Gasteiger partial charge in [0.1, 0.15) is 0 Å². The van der Waals surface area contributed by atoms with Gasteiger partial charge in [0.25, 0.3) is 35.4 Å². The van der Waals surface area contributed by atoms with Gasteiger partial charge in [0.2, 0.25) is 35.4 Å². The minimum absolute atomic E-state index is 0.0202. The first-order valence-corrected chi connectivity index (χ1v) is 46.4. The monoisotopic (exact) mass is 1850 g/mol. The SMILES string of the molecule is CCCN(CC(O)C(Cc1ccccc1)NC(=O)c1cc(C(N)=O)cc(C(=O)N(CCC)CCC)c1)NC(=O)Cc1ccccc1.CCCN(CCC)C(=O)c1cc(C(N)=O)cc(C(=O)NC(Cc2ccccc2)C(O)CN(C)NC(=O)Cc2ccccc2)c1.CCCN(CCC)C(=O)c1cc(C(N)=O)cc(C(=O)NC(Cc2ccccc2)C(O)CN(CC)NC(=O)Cc2ccccc2)c1. The first-order chi connectivity index (χ1) is 64.9. The standard InChI is InChI=1S/C36H47N5O5.C35H45N5O5.C34H43N5O5/c1-4-17-40(18-5-2)36(46)30-23-28(34(37)44)22-29(24-30)35(45)38-31(20-26-13-9-7-10-14-26)32(42)25-41(19-6-3)39-33(43)21-27-15-11-8-12-16-27;1-4-17-39(18-5-2)35(45)29-22-27(33(36)43)21-28(23-29)34(44)37-30(19-25-13-9-7-10-14-25)31(41)24-40(6-3)38-32(42)20-26-15-11-8-12-16-26;1-4-16-39(17-5-2)34(44)28-21-26(32(35)42)20-27(22-28)33(43)36-29(18-24-12-8-6-9-13-24)30(40)23-38(3)37-31(41)19-25-14-10-7-11-15-25/h7-16,22-24,31-32,42H,4-6,17-21,25H2,1-3H3,(H2,37,44)(H,38,45)(H,39,43);7-16,21-23,30-31,41H,4-6,17-20,24H2,1-3H3,(H2,36,43)(H,37,44)(H,38,42);6-15,20-22,29-30,40H,4-5,16-19,23H2,1-3H3,(H2,35,42)(H,36,43)(H,37,41). The first kappa shape index (κ1) is 108. The van der Waals surface area contributed by atoms with E-state index >= 15 is 0 Å². The van der Waals surface area contributed by atoms with Gasteiger partial charge in [-0.3, -0.25) is 73.8 Å². The van der Waals surface area contributed by atoms with Crippen LogP contribution in [0.15, 0.2) is 237 Å². The zero-order valence-electron chi connectivity index (χ0n) is 79.1. The molecule has 0 aromatic heterocycles. The molecule has 0 saturated heterocycles. The van der Waals surface area contributed by atoms with Gasteiger partial charge in [0.15, 0.2) is 0 Å². The summed E-state index contributed by atoms with van der Waals surface area (Å²) in [4.78, 5) is 161. The third-order valence-electron chi connectivity index (χ3n) is 21.9. The molecule has 30 heteroatoms. The van der Waals surface area contributed by atoms with Crippen molar-refractivity contribution in [2.45, 2.75) is 175 Å². The molecule has 15 N–H and O–H groups in total. The number of benzene rings is 9. The Balaban J connectivity index is 0.000000276. The van der Waals surface area contributed by atoms with Crippen LogP contribution in [0.25, 0.3) is 0 Å². The summed E-state index contributed by atoms with van der Waals surface area (Å²) in [6.45, 7) is 19.9. The molecule has 0 spiro atoms. The Hall–Kier alpha value is -13.6. The van der Waals surface area contributed by atoms with Gasteiger partial charge in [-0.2, -0.15) is 0 Å². The number of hydrogen-bond acceptors (Lipinski definition) is 18. The van der Waals surface area contributed by atoms with Crippen molar-refractivity contribution in [1.29, 1.82) is 0 Å². The largest absolute Gasteiger partial charge is 0.390 e. The molecular weight excluding hydrogens is 1710 g/mol. The van der Waals surface area contributed by atoms with Crippen LogP contribution in [0.3, 0.4) is 0 Å². The summed E-state index contributed by atoms with van der Waals surface area (Å²) >= 11 is 0. The van der Waals surface area contributed by atoms with Gasteiger partial charge in [0.05, 0.1) is 55.7 Å². The molecule has 135 heavy (non-hydrogen) atoms. The number of carbonyl (C=O) groups is 12. The maximum Gasteiger partial charge on any atom is 0.253 e. The lowest BCUT2D eigenvalue weighted by atomic mass is 9.99. The molecule has 0 fully saturated rings. The zero-order valence-corrected chi connectivity index (χ0v) is 79.1. The smallest absolute Gasteiger partial charge is 0.253 e. The number of aliphatic hydroxyl groups is 3. The van der Waals surface area contributed by atoms with Crippen molar-refractivity contribution in [3.8, 4) is 0 Å². The summed E-state index contributed by atoms with van der Waals surface area (Å²) in [6.07, 6.45) is 3.45. The Labute approximate surface area is 793 Å². The average molecular weight is 1850 g/mol. The molecule has 9 aromatic carbocycles. The molecule has 0 aliphatic heterocycles. The topological polar surface area (TPSA) is 435 Å². The highest BCUT2D eigenvalue weighted by Gasteiger charge is 2.32. The Morgan fingerprint density at radius 2 is 0.504 bits per heavy atom. The Bertz CT molecular complexity index is 5260. The third kappa shape index (κ3) is 37.1. The van der Waals surface area contributed by atoms with E-state index in [0.29, 0.717) is 71.6 Å². The number of hydrazine groups is 3. The van der Waals surface area contributed by atoms with Gasteiger partial charge in [-0.05, 0) is 152 Å². The summed E-state index contributed by atoms with van der Waals surface area (Å²) in [5.41, 5.74) is 31.4. The fourth-order valence-electron chi connectivity index (χ4n) is 15.3. The number of primary amides is 3. The third-order valence-corrected chi connectivity index (χ3v) is 21.9. The van der Waals surface area contributed by atoms with E-state index in [0.717, 1.165) is 78.3 Å². The highest BCUT2D eigenvalue weighted by atomic mass is 16.3. The van der Waals surface area contributed by atoms with Crippen molar-refractivity contribution in [3.63, 3.8) is 0 Å². The van der Waals surface area contributed by atoms with Crippen molar-refractivity contribution in [2.75, 3.05) is 79.0 Å². The predicted octanol–water partition coefficient (Wildman–Crippen LogP) is 10.0. The van der Waals surface area contributed by atoms with Gasteiger partial charge in [-0.1, -0.05) is 237 Å². The molecular formula is C105H135N15O15. The second-order valence-electron chi connectivity index (χ2n) is 33.3. The number of likely N-dealkylation sites (N-methyl/N-ethyl adjacent to an activating group) is 2. The number of rotatable bonds is 51. The van der Waals surface area contributed by atoms with E-state index in [9.17, 15) is 72.9 Å². The van der Waals surface area contributed by atoms with Crippen molar-refractivity contribution in [2.24, 2.45) is 17.2 Å². The molecule has 720 valence electrons. The van der Waals surface area contributed by atoms with Crippen LogP contribution in [0.5, 0.6) is 0 Å². The van der Waals surface area contributed by atoms with Gasteiger partial charge >= 0.3 is 0 Å². The summed E-state index contributed by atoms with van der Waals surface area (Å²) < 4.78 is 0. The molecule has 0 saturated carbocycles. The number of amides is 12. The van der Waals surface area contributed by atoms with Crippen LogP contribution >= 0.6 is 0 Å². The van der Waals surface area contributed by atoms with Crippen molar-refractivity contribution >= 4 is 70.9 Å². The summed E-state index contributed by atoms with van der Waals surface area (Å²) in [5.74, 6) is -5.54. The van der Waals surface area contributed by atoms with Crippen LogP contribution < -0.4 is 49.4 Å². The Kier molecular flexibility index (Phi) is 46.4. The summed E-state index contributed by atoms with van der Waals surface area (Å²) in [5, 5.41) is 47.7. The second-order valence-corrected chi connectivity index (χ2v) is 33.3. The van der Waals surface area contributed by atoms with Crippen molar-refractivity contribution in [1.82, 2.24) is 62.0 Å². The number of nitrogens with zero attached hydrogens (tertiary/aromatic N) is 6. The number of carbonyl (C=O) groups excluding carboxylic acids is 12. The zero-order chi connectivity index (χ0) is 98.3. The average Bonchev–Trinajstić information content (AvgIpc) is 0.820. The maximum absolute atomic E-state index is 13.7. The lowest BCUT2D eigenvalue weighted by molar-refractivity contribution is -0.126. The predicted molar refractivity (Wildman–Crippen MR) is 523 cm³/mol. The molecule has 9 rings (SSSR count). The lowest BCUT2D eigenvalue weighted by Gasteiger charge is -2.30. The molecule has 0 aliphatic carbocycles. The molecule has 9 aromatic rings.